The van der Waals surface area contributed by atoms with Crippen LogP contribution in [0.25, 0.3) is 6.08 Å². The lowest BCUT2D eigenvalue weighted by molar-refractivity contribution is 0.473. The molecule has 13 heavy (non-hydrogen) atoms. The minimum atomic E-state index is 0.0757. The predicted molar refractivity (Wildman–Crippen MR) is 53.4 cm³/mol. The van der Waals surface area contributed by atoms with Gasteiger partial charge in [-0.15, -0.1) is 0 Å². The lowest BCUT2D eigenvalue weighted by Gasteiger charge is -2.04. The van der Waals surface area contributed by atoms with Gasteiger partial charge >= 0.3 is 0 Å². The van der Waals surface area contributed by atoms with E-state index < -0.39 is 0 Å². The van der Waals surface area contributed by atoms with Crippen LogP contribution in [0.2, 0.25) is 0 Å². The van der Waals surface area contributed by atoms with Gasteiger partial charge in [0.15, 0.2) is 0 Å². The van der Waals surface area contributed by atoms with Gasteiger partial charge in [0.2, 0.25) is 0 Å². The average molecular weight is 175 g/mol. The number of fused-ring (bicyclic) bond motifs is 1. The van der Waals surface area contributed by atoms with Crippen LogP contribution < -0.4 is 5.73 Å². The van der Waals surface area contributed by atoms with Crippen molar-refractivity contribution in [3.8, 4) is 5.75 Å². The molecule has 0 aliphatic heterocycles. The molecule has 2 nitrogen and oxygen atoms in total. The lowest BCUT2D eigenvalue weighted by atomic mass is 10.1. The number of aromatic hydroxyl groups is 1. The van der Waals surface area contributed by atoms with Crippen LogP contribution >= 0.6 is 0 Å². The van der Waals surface area contributed by atoms with Crippen molar-refractivity contribution in [3.63, 3.8) is 0 Å². The van der Waals surface area contributed by atoms with Gasteiger partial charge in [-0.2, -0.15) is 0 Å². The van der Waals surface area contributed by atoms with E-state index in [1.54, 1.807) is 6.07 Å². The molecule has 0 bridgehead atoms. The Labute approximate surface area is 77.7 Å². The highest BCUT2D eigenvalue weighted by Gasteiger charge is 2.17. The van der Waals surface area contributed by atoms with E-state index in [1.165, 1.54) is 11.1 Å². The van der Waals surface area contributed by atoms with Gasteiger partial charge in [0.25, 0.3) is 0 Å². The van der Waals surface area contributed by atoms with Crippen molar-refractivity contribution in [2.24, 2.45) is 5.73 Å². The molecule has 1 unspecified atom stereocenters. The van der Waals surface area contributed by atoms with Crippen molar-refractivity contribution >= 4 is 6.08 Å². The van der Waals surface area contributed by atoms with Crippen LogP contribution in [0.15, 0.2) is 23.8 Å². The summed E-state index contributed by atoms with van der Waals surface area (Å²) in [5.41, 5.74) is 9.08. The van der Waals surface area contributed by atoms with E-state index in [1.807, 2.05) is 25.1 Å². The van der Waals surface area contributed by atoms with Crippen molar-refractivity contribution in [2.75, 3.05) is 0 Å². The number of benzene rings is 1. The van der Waals surface area contributed by atoms with Gasteiger partial charge in [0.05, 0.1) is 0 Å². The fourth-order valence-corrected chi connectivity index (χ4v) is 1.67. The highest BCUT2D eigenvalue weighted by atomic mass is 16.3. The Morgan fingerprint density at radius 3 is 2.85 bits per heavy atom. The molecule has 0 spiro atoms. The molecule has 0 saturated heterocycles. The van der Waals surface area contributed by atoms with Gasteiger partial charge in [-0.25, -0.2) is 0 Å². The second-order valence-corrected chi connectivity index (χ2v) is 3.53. The first-order chi connectivity index (χ1) is 6.18. The Morgan fingerprint density at radius 1 is 1.46 bits per heavy atom. The molecule has 0 fully saturated rings. The number of rotatable bonds is 1. The maximum atomic E-state index is 9.55. The summed E-state index contributed by atoms with van der Waals surface area (Å²) >= 11 is 0. The molecule has 1 aromatic carbocycles. The van der Waals surface area contributed by atoms with E-state index in [0.717, 1.165) is 12.0 Å². The van der Waals surface area contributed by atoms with Gasteiger partial charge in [-0.05, 0) is 36.6 Å². The molecule has 0 radical (unpaired) electrons. The SMILES string of the molecule is CC(N)C1=Cc2c(O)cccc2C1. The molecule has 0 saturated carbocycles. The summed E-state index contributed by atoms with van der Waals surface area (Å²) in [4.78, 5) is 0. The van der Waals surface area contributed by atoms with Crippen molar-refractivity contribution < 1.29 is 5.11 Å². The van der Waals surface area contributed by atoms with Gasteiger partial charge in [0.1, 0.15) is 5.75 Å². The Hall–Kier alpha value is -1.28. The summed E-state index contributed by atoms with van der Waals surface area (Å²) in [6.45, 7) is 1.97. The van der Waals surface area contributed by atoms with Crippen LogP contribution in [0.4, 0.5) is 0 Å². The molecule has 1 aliphatic rings. The zero-order valence-corrected chi connectivity index (χ0v) is 7.62. The quantitative estimate of drug-likeness (QED) is 0.682. The van der Waals surface area contributed by atoms with E-state index in [0.29, 0.717) is 5.75 Å². The number of hydrogen-bond acceptors (Lipinski definition) is 2. The van der Waals surface area contributed by atoms with Crippen molar-refractivity contribution in [1.29, 1.82) is 0 Å². The van der Waals surface area contributed by atoms with E-state index in [9.17, 15) is 5.11 Å². The molecule has 0 heterocycles. The van der Waals surface area contributed by atoms with Crippen LogP contribution in [0, 0.1) is 0 Å². The highest BCUT2D eigenvalue weighted by molar-refractivity contribution is 5.69. The molecule has 1 atom stereocenters. The smallest absolute Gasteiger partial charge is 0.123 e. The van der Waals surface area contributed by atoms with Crippen LogP contribution in [-0.4, -0.2) is 11.1 Å². The topological polar surface area (TPSA) is 46.2 Å². The minimum absolute atomic E-state index is 0.0757. The fourth-order valence-electron chi connectivity index (χ4n) is 1.67. The third kappa shape index (κ3) is 1.33. The van der Waals surface area contributed by atoms with E-state index in [2.05, 4.69) is 0 Å². The second kappa shape index (κ2) is 2.89. The zero-order chi connectivity index (χ0) is 9.42. The first-order valence-corrected chi connectivity index (χ1v) is 4.45. The maximum absolute atomic E-state index is 9.55. The normalized spacial score (nSPS) is 16.6. The Bertz CT molecular complexity index is 366. The van der Waals surface area contributed by atoms with Gasteiger partial charge in [0, 0.05) is 11.6 Å². The summed E-state index contributed by atoms with van der Waals surface area (Å²) in [6, 6.07) is 5.68. The molecule has 0 aromatic heterocycles. The standard InChI is InChI=1S/C11H13NO/c1-7(12)9-5-8-3-2-4-11(13)10(8)6-9/h2-4,6-7,13H,5,12H2,1H3. The third-order valence-corrected chi connectivity index (χ3v) is 2.48. The molecule has 3 N–H and O–H groups in total. The molecule has 2 heteroatoms. The average Bonchev–Trinajstić information content (AvgIpc) is 2.49. The molecule has 1 aliphatic carbocycles. The van der Waals surface area contributed by atoms with Gasteiger partial charge < -0.3 is 10.8 Å². The lowest BCUT2D eigenvalue weighted by Crippen LogP contribution is -2.17. The Balaban J connectivity index is 2.43. The minimum Gasteiger partial charge on any atom is -0.507 e. The number of phenolic OH excluding ortho intramolecular Hbond substituents is 1. The van der Waals surface area contributed by atoms with Crippen LogP contribution in [-0.2, 0) is 6.42 Å². The second-order valence-electron chi connectivity index (χ2n) is 3.53. The van der Waals surface area contributed by atoms with Crippen LogP contribution in [0.5, 0.6) is 5.75 Å². The predicted octanol–water partition coefficient (Wildman–Crippen LogP) is 1.68. The summed E-state index contributed by atoms with van der Waals surface area (Å²) in [5, 5.41) is 9.55. The molecular weight excluding hydrogens is 162 g/mol. The number of hydrogen-bond donors (Lipinski definition) is 2. The van der Waals surface area contributed by atoms with Crippen LogP contribution in [0.1, 0.15) is 18.1 Å². The molecular formula is C11H13NO. The molecule has 1 aromatic rings. The largest absolute Gasteiger partial charge is 0.507 e. The van der Waals surface area contributed by atoms with Gasteiger partial charge in [-0.3, -0.25) is 0 Å². The van der Waals surface area contributed by atoms with Crippen molar-refractivity contribution in [1.82, 2.24) is 0 Å². The highest BCUT2D eigenvalue weighted by Crippen LogP contribution is 2.32. The van der Waals surface area contributed by atoms with Crippen LogP contribution in [0.3, 0.4) is 0 Å². The van der Waals surface area contributed by atoms with E-state index in [4.69, 9.17) is 5.73 Å². The first kappa shape index (κ1) is 8.32. The van der Waals surface area contributed by atoms with E-state index in [-0.39, 0.29) is 6.04 Å². The van der Waals surface area contributed by atoms with E-state index >= 15 is 0 Å². The molecule has 2 rings (SSSR count). The molecule has 68 valence electrons. The third-order valence-electron chi connectivity index (χ3n) is 2.48. The first-order valence-electron chi connectivity index (χ1n) is 4.45. The summed E-state index contributed by atoms with van der Waals surface area (Å²) in [6.07, 6.45) is 2.87. The monoisotopic (exact) mass is 175 g/mol. The summed E-state index contributed by atoms with van der Waals surface area (Å²) in [5.74, 6) is 0.355. The Kier molecular flexibility index (Phi) is 1.85. The Morgan fingerprint density at radius 2 is 2.23 bits per heavy atom. The maximum Gasteiger partial charge on any atom is 0.123 e. The summed E-state index contributed by atoms with van der Waals surface area (Å²) in [7, 11) is 0. The van der Waals surface area contributed by atoms with Gasteiger partial charge in [-0.1, -0.05) is 12.1 Å². The molecule has 0 amide bonds. The number of phenols is 1. The summed E-state index contributed by atoms with van der Waals surface area (Å²) < 4.78 is 0. The zero-order valence-electron chi connectivity index (χ0n) is 7.62. The fraction of sp³-hybridized carbons (Fsp3) is 0.273. The van der Waals surface area contributed by atoms with Crippen molar-refractivity contribution in [2.45, 2.75) is 19.4 Å². The van der Waals surface area contributed by atoms with Crippen molar-refractivity contribution in [3.05, 3.63) is 34.9 Å². The number of nitrogens with two attached hydrogens (primary N) is 1.